The second kappa shape index (κ2) is 7.40. The number of nitrogens with zero attached hydrogens (tertiary/aromatic N) is 2. The molecule has 0 unspecified atom stereocenters. The van der Waals surface area contributed by atoms with Gasteiger partial charge in [0.05, 0.1) is 11.1 Å². The van der Waals surface area contributed by atoms with Crippen LogP contribution in [-0.4, -0.2) is 21.8 Å². The van der Waals surface area contributed by atoms with Crippen LogP contribution in [0.15, 0.2) is 62.9 Å². The molecule has 0 atom stereocenters. The van der Waals surface area contributed by atoms with Crippen molar-refractivity contribution in [3.05, 3.63) is 74.6 Å². The standard InChI is InChI=1S/C18H15BrN4O2/c1-2-15(11-7-9-12(19)10-8-11)20-23-18(25)16-13-5-3-4-6-14(13)17(24)22-21-16/h3-10H,2H2,1H3,(H,22,24)(H,23,25)/b20-15-. The third kappa shape index (κ3) is 3.66. The van der Waals surface area contributed by atoms with Gasteiger partial charge in [-0.2, -0.15) is 10.2 Å². The van der Waals surface area contributed by atoms with E-state index < -0.39 is 5.91 Å². The Balaban J connectivity index is 1.90. The number of hydrogen-bond donors (Lipinski definition) is 2. The van der Waals surface area contributed by atoms with E-state index in [0.29, 0.717) is 17.2 Å². The van der Waals surface area contributed by atoms with Crippen molar-refractivity contribution in [1.29, 1.82) is 0 Å². The summed E-state index contributed by atoms with van der Waals surface area (Å²) >= 11 is 3.39. The Morgan fingerprint density at radius 2 is 1.84 bits per heavy atom. The van der Waals surface area contributed by atoms with E-state index in [1.165, 1.54) is 0 Å². The number of carbonyl (C=O) groups is 1. The number of rotatable bonds is 4. The fraction of sp³-hybridized carbons (Fsp3) is 0.111. The zero-order chi connectivity index (χ0) is 17.8. The molecule has 2 N–H and O–H groups in total. The number of aromatic amines is 1. The van der Waals surface area contributed by atoms with Gasteiger partial charge in [-0.1, -0.05) is 53.2 Å². The molecule has 0 spiro atoms. The Morgan fingerprint density at radius 3 is 2.52 bits per heavy atom. The molecule has 3 aromatic rings. The van der Waals surface area contributed by atoms with E-state index in [2.05, 4.69) is 36.7 Å². The predicted octanol–water partition coefficient (Wildman–Crippen LogP) is 3.23. The van der Waals surface area contributed by atoms with E-state index in [4.69, 9.17) is 0 Å². The summed E-state index contributed by atoms with van der Waals surface area (Å²) in [7, 11) is 0. The van der Waals surface area contributed by atoms with Crippen molar-refractivity contribution in [2.24, 2.45) is 5.10 Å². The predicted molar refractivity (Wildman–Crippen MR) is 101 cm³/mol. The first-order valence-electron chi connectivity index (χ1n) is 7.70. The van der Waals surface area contributed by atoms with Crippen molar-refractivity contribution < 1.29 is 4.79 Å². The zero-order valence-electron chi connectivity index (χ0n) is 13.4. The maximum Gasteiger partial charge on any atom is 0.292 e. The molecule has 1 aromatic heterocycles. The second-order valence-electron chi connectivity index (χ2n) is 5.31. The van der Waals surface area contributed by atoms with E-state index in [1.54, 1.807) is 24.3 Å². The molecule has 0 aliphatic heterocycles. The highest BCUT2D eigenvalue weighted by molar-refractivity contribution is 9.10. The molecule has 1 heterocycles. The summed E-state index contributed by atoms with van der Waals surface area (Å²) in [4.78, 5) is 24.3. The van der Waals surface area contributed by atoms with E-state index in [0.717, 1.165) is 15.7 Å². The van der Waals surface area contributed by atoms with Crippen LogP contribution in [0.1, 0.15) is 29.4 Å². The van der Waals surface area contributed by atoms with E-state index in [1.807, 2.05) is 31.2 Å². The van der Waals surface area contributed by atoms with Crippen molar-refractivity contribution in [3.8, 4) is 0 Å². The van der Waals surface area contributed by atoms with Crippen LogP contribution in [0.25, 0.3) is 10.8 Å². The highest BCUT2D eigenvalue weighted by Crippen LogP contribution is 2.14. The summed E-state index contributed by atoms with van der Waals surface area (Å²) in [6.45, 7) is 1.96. The molecule has 0 aliphatic rings. The van der Waals surface area contributed by atoms with Crippen molar-refractivity contribution >= 4 is 38.3 Å². The first-order valence-corrected chi connectivity index (χ1v) is 8.49. The lowest BCUT2D eigenvalue weighted by atomic mass is 10.1. The molecule has 126 valence electrons. The summed E-state index contributed by atoms with van der Waals surface area (Å²) in [5.74, 6) is -0.476. The lowest BCUT2D eigenvalue weighted by Gasteiger charge is -2.06. The van der Waals surface area contributed by atoms with Crippen molar-refractivity contribution in [1.82, 2.24) is 15.6 Å². The number of halogens is 1. The number of benzene rings is 2. The average molecular weight is 399 g/mol. The van der Waals surface area contributed by atoms with Gasteiger partial charge in [-0.25, -0.2) is 10.5 Å². The number of hydrazone groups is 1. The summed E-state index contributed by atoms with van der Waals surface area (Å²) in [6.07, 6.45) is 0.654. The van der Waals surface area contributed by atoms with Gasteiger partial charge in [0.2, 0.25) is 0 Å². The van der Waals surface area contributed by atoms with Gasteiger partial charge in [-0.05, 0) is 30.2 Å². The molecule has 7 heteroatoms. The van der Waals surface area contributed by atoms with Gasteiger partial charge in [0, 0.05) is 9.86 Å². The van der Waals surface area contributed by atoms with Crippen molar-refractivity contribution in [2.45, 2.75) is 13.3 Å². The summed E-state index contributed by atoms with van der Waals surface area (Å²) < 4.78 is 0.972. The number of nitrogens with one attached hydrogen (secondary N) is 2. The van der Waals surface area contributed by atoms with Crippen LogP contribution < -0.4 is 11.0 Å². The smallest absolute Gasteiger partial charge is 0.267 e. The van der Waals surface area contributed by atoms with Crippen molar-refractivity contribution in [3.63, 3.8) is 0 Å². The Morgan fingerprint density at radius 1 is 1.16 bits per heavy atom. The molecule has 0 saturated heterocycles. The lowest BCUT2D eigenvalue weighted by Crippen LogP contribution is -2.24. The third-order valence-corrected chi connectivity index (χ3v) is 4.24. The van der Waals surface area contributed by atoms with Gasteiger partial charge >= 0.3 is 0 Å². The SMILES string of the molecule is CC/C(=N/NC(=O)c1n[nH]c(=O)c2ccccc12)c1ccc(Br)cc1. The molecular weight excluding hydrogens is 384 g/mol. The zero-order valence-corrected chi connectivity index (χ0v) is 15.0. The Kier molecular flexibility index (Phi) is 5.04. The molecule has 25 heavy (non-hydrogen) atoms. The largest absolute Gasteiger partial charge is 0.292 e. The third-order valence-electron chi connectivity index (χ3n) is 3.72. The minimum atomic E-state index is -0.476. The Bertz CT molecular complexity index is 1010. The Hall–Kier alpha value is -2.80. The number of carbonyl (C=O) groups excluding carboxylic acids is 1. The molecule has 0 fully saturated rings. The molecule has 0 radical (unpaired) electrons. The van der Waals surface area contributed by atoms with Gasteiger partial charge < -0.3 is 0 Å². The first-order chi connectivity index (χ1) is 12.1. The monoisotopic (exact) mass is 398 g/mol. The van der Waals surface area contributed by atoms with E-state index >= 15 is 0 Å². The van der Waals surface area contributed by atoms with Gasteiger partial charge in [0.1, 0.15) is 0 Å². The summed E-state index contributed by atoms with van der Waals surface area (Å²) in [6, 6.07) is 14.5. The van der Waals surface area contributed by atoms with Crippen LogP contribution in [0.2, 0.25) is 0 Å². The lowest BCUT2D eigenvalue weighted by molar-refractivity contribution is 0.0950. The highest BCUT2D eigenvalue weighted by Gasteiger charge is 2.13. The molecule has 0 saturated carbocycles. The fourth-order valence-corrected chi connectivity index (χ4v) is 2.71. The van der Waals surface area contributed by atoms with E-state index in [9.17, 15) is 9.59 Å². The maximum atomic E-state index is 12.5. The van der Waals surface area contributed by atoms with Crippen LogP contribution in [-0.2, 0) is 0 Å². The second-order valence-corrected chi connectivity index (χ2v) is 6.22. The van der Waals surface area contributed by atoms with Gasteiger partial charge in [0.25, 0.3) is 11.5 Å². The quantitative estimate of drug-likeness (QED) is 0.522. The van der Waals surface area contributed by atoms with Crippen LogP contribution in [0.3, 0.4) is 0 Å². The first kappa shape index (κ1) is 17.0. The molecule has 6 nitrogen and oxygen atoms in total. The van der Waals surface area contributed by atoms with E-state index in [-0.39, 0.29) is 11.3 Å². The fourth-order valence-electron chi connectivity index (χ4n) is 2.45. The summed E-state index contributed by atoms with van der Waals surface area (Å²) in [5, 5.41) is 11.3. The van der Waals surface area contributed by atoms with Crippen LogP contribution in [0.4, 0.5) is 0 Å². The van der Waals surface area contributed by atoms with Gasteiger partial charge in [0.15, 0.2) is 5.69 Å². The molecule has 2 aromatic carbocycles. The average Bonchev–Trinajstić information content (AvgIpc) is 2.64. The van der Waals surface area contributed by atoms with Gasteiger partial charge in [-0.15, -0.1) is 0 Å². The minimum absolute atomic E-state index is 0.130. The van der Waals surface area contributed by atoms with Crippen molar-refractivity contribution in [2.75, 3.05) is 0 Å². The number of aromatic nitrogens is 2. The highest BCUT2D eigenvalue weighted by atomic mass is 79.9. The molecule has 1 amide bonds. The topological polar surface area (TPSA) is 87.2 Å². The van der Waals surface area contributed by atoms with Crippen LogP contribution in [0, 0.1) is 0 Å². The minimum Gasteiger partial charge on any atom is -0.267 e. The molecular formula is C18H15BrN4O2. The molecule has 0 bridgehead atoms. The number of fused-ring (bicyclic) bond motifs is 1. The number of H-pyrrole nitrogens is 1. The molecule has 0 aliphatic carbocycles. The maximum absolute atomic E-state index is 12.5. The van der Waals surface area contributed by atoms with Gasteiger partial charge in [-0.3, -0.25) is 9.59 Å². The summed E-state index contributed by atoms with van der Waals surface area (Å²) in [5.41, 5.74) is 3.99. The normalized spacial score (nSPS) is 11.5. The number of hydrogen-bond acceptors (Lipinski definition) is 4. The van der Waals surface area contributed by atoms with Crippen LogP contribution in [0.5, 0.6) is 0 Å². The Labute approximate surface area is 152 Å². The molecule has 3 rings (SSSR count). The number of amides is 1. The van der Waals surface area contributed by atoms with Crippen LogP contribution >= 0.6 is 15.9 Å².